The maximum atomic E-state index is 9.90. The summed E-state index contributed by atoms with van der Waals surface area (Å²) in [7, 11) is 0. The highest BCUT2D eigenvalue weighted by Gasteiger charge is 2.34. The Kier molecular flexibility index (Phi) is 3.66. The van der Waals surface area contributed by atoms with Gasteiger partial charge in [0.1, 0.15) is 0 Å². The van der Waals surface area contributed by atoms with E-state index in [0.29, 0.717) is 6.04 Å². The van der Waals surface area contributed by atoms with Crippen molar-refractivity contribution >= 4 is 0 Å². The number of β-amino-alcohol motifs (C(OH)–C–C–N with tert-alkyl or cyclic N) is 1. The molecule has 2 N–H and O–H groups in total. The van der Waals surface area contributed by atoms with Gasteiger partial charge in [-0.05, 0) is 12.8 Å². The smallest absolute Gasteiger partial charge is 0.0831 e. The molecule has 3 aliphatic rings. The molecule has 4 heteroatoms. The molecule has 0 spiro atoms. The first-order valence-electron chi connectivity index (χ1n) is 7.21. The predicted octanol–water partition coefficient (Wildman–Crippen LogP) is -0.121. The molecule has 0 radical (unpaired) electrons. The Balaban J connectivity index is 1.49. The van der Waals surface area contributed by atoms with E-state index in [9.17, 15) is 5.11 Å². The molecule has 0 aromatic rings. The monoisotopic (exact) mass is 239 g/mol. The summed E-state index contributed by atoms with van der Waals surface area (Å²) in [5.74, 6) is 0. The summed E-state index contributed by atoms with van der Waals surface area (Å²) in [5, 5.41) is 13.2. The second-order valence-electron chi connectivity index (χ2n) is 5.80. The van der Waals surface area contributed by atoms with Crippen LogP contribution in [0.25, 0.3) is 0 Å². The molecule has 0 unspecified atom stereocenters. The molecule has 17 heavy (non-hydrogen) atoms. The van der Waals surface area contributed by atoms with Gasteiger partial charge in [-0.1, -0.05) is 12.8 Å². The summed E-state index contributed by atoms with van der Waals surface area (Å²) in [6.07, 6.45) is 5.51. The van der Waals surface area contributed by atoms with Crippen LogP contribution in [0.3, 0.4) is 0 Å². The fourth-order valence-corrected chi connectivity index (χ4v) is 3.73. The van der Waals surface area contributed by atoms with E-state index in [4.69, 9.17) is 0 Å². The van der Waals surface area contributed by atoms with E-state index < -0.39 is 0 Å². The number of hydrogen-bond acceptors (Lipinski definition) is 4. The fourth-order valence-electron chi connectivity index (χ4n) is 3.73. The van der Waals surface area contributed by atoms with Crippen LogP contribution >= 0.6 is 0 Å². The van der Waals surface area contributed by atoms with Gasteiger partial charge >= 0.3 is 0 Å². The van der Waals surface area contributed by atoms with Crippen molar-refractivity contribution in [3.8, 4) is 0 Å². The second kappa shape index (κ2) is 5.22. The number of rotatable bonds is 2. The van der Waals surface area contributed by atoms with Gasteiger partial charge in [0.25, 0.3) is 0 Å². The van der Waals surface area contributed by atoms with Crippen LogP contribution in [-0.4, -0.2) is 72.4 Å². The highest BCUT2D eigenvalue weighted by molar-refractivity contribution is 4.91. The highest BCUT2D eigenvalue weighted by Crippen LogP contribution is 2.25. The standard InChI is InChI=1S/C13H25N3O/c17-13-10-14-9-12(13)16-7-5-15(6-8-16)11-3-1-2-4-11/h11-14,17H,1-10H2/t12-,13-/m0/s1. The molecular formula is C13H25N3O. The molecule has 2 heterocycles. The number of aliphatic hydroxyl groups is 1. The van der Waals surface area contributed by atoms with Crippen LogP contribution in [0.15, 0.2) is 0 Å². The first-order chi connectivity index (χ1) is 8.34. The van der Waals surface area contributed by atoms with Gasteiger partial charge < -0.3 is 10.4 Å². The van der Waals surface area contributed by atoms with Crippen LogP contribution in [0.5, 0.6) is 0 Å². The van der Waals surface area contributed by atoms with Crippen LogP contribution in [0.1, 0.15) is 25.7 Å². The maximum Gasteiger partial charge on any atom is 0.0831 e. The SMILES string of the molecule is O[C@H]1CNC[C@@H]1N1CCN(C2CCCC2)CC1. The summed E-state index contributed by atoms with van der Waals surface area (Å²) in [5.41, 5.74) is 0. The quantitative estimate of drug-likeness (QED) is 0.705. The molecule has 0 amide bonds. The van der Waals surface area contributed by atoms with Crippen molar-refractivity contribution in [2.24, 2.45) is 0 Å². The lowest BCUT2D eigenvalue weighted by molar-refractivity contribution is 0.0320. The third-order valence-electron chi connectivity index (χ3n) is 4.81. The van der Waals surface area contributed by atoms with E-state index in [1.54, 1.807) is 0 Å². The number of nitrogens with one attached hydrogen (secondary N) is 1. The lowest BCUT2D eigenvalue weighted by atomic mass is 10.1. The van der Waals surface area contributed by atoms with Gasteiger partial charge in [-0.2, -0.15) is 0 Å². The van der Waals surface area contributed by atoms with Crippen molar-refractivity contribution < 1.29 is 5.11 Å². The first-order valence-corrected chi connectivity index (χ1v) is 7.21. The van der Waals surface area contributed by atoms with Crippen molar-refractivity contribution in [2.45, 2.75) is 43.9 Å². The Hall–Kier alpha value is -0.160. The minimum atomic E-state index is -0.159. The molecule has 3 rings (SSSR count). The number of piperazine rings is 1. The first kappa shape index (κ1) is 11.9. The Morgan fingerprint density at radius 1 is 0.882 bits per heavy atom. The molecule has 1 saturated carbocycles. The van der Waals surface area contributed by atoms with E-state index in [2.05, 4.69) is 15.1 Å². The molecule has 98 valence electrons. The number of nitrogens with zero attached hydrogens (tertiary/aromatic N) is 2. The number of aliphatic hydroxyl groups excluding tert-OH is 1. The van der Waals surface area contributed by atoms with Crippen LogP contribution in [-0.2, 0) is 0 Å². The molecular weight excluding hydrogens is 214 g/mol. The zero-order chi connectivity index (χ0) is 11.7. The van der Waals surface area contributed by atoms with Gasteiger partial charge in [0.05, 0.1) is 6.10 Å². The van der Waals surface area contributed by atoms with Crippen molar-refractivity contribution in [3.05, 3.63) is 0 Å². The second-order valence-corrected chi connectivity index (χ2v) is 5.80. The zero-order valence-corrected chi connectivity index (χ0v) is 10.6. The van der Waals surface area contributed by atoms with Crippen LogP contribution in [0, 0.1) is 0 Å². The van der Waals surface area contributed by atoms with E-state index in [0.717, 1.165) is 32.2 Å². The van der Waals surface area contributed by atoms with Crippen LogP contribution < -0.4 is 5.32 Å². The van der Waals surface area contributed by atoms with Crippen LogP contribution in [0.4, 0.5) is 0 Å². The van der Waals surface area contributed by atoms with Gasteiger partial charge in [-0.25, -0.2) is 0 Å². The summed E-state index contributed by atoms with van der Waals surface area (Å²) >= 11 is 0. The topological polar surface area (TPSA) is 38.7 Å². The van der Waals surface area contributed by atoms with Crippen LogP contribution in [0.2, 0.25) is 0 Å². The minimum Gasteiger partial charge on any atom is -0.390 e. The molecule has 4 nitrogen and oxygen atoms in total. The molecule has 1 aliphatic carbocycles. The summed E-state index contributed by atoms with van der Waals surface area (Å²) in [6.45, 7) is 6.42. The fraction of sp³-hybridized carbons (Fsp3) is 1.00. The Morgan fingerprint density at radius 3 is 2.12 bits per heavy atom. The predicted molar refractivity (Wildman–Crippen MR) is 68.1 cm³/mol. The molecule has 3 fully saturated rings. The van der Waals surface area contributed by atoms with Gasteiger partial charge in [-0.3, -0.25) is 9.80 Å². The summed E-state index contributed by atoms with van der Waals surface area (Å²) in [6, 6.07) is 1.23. The lowest BCUT2D eigenvalue weighted by Gasteiger charge is -2.41. The lowest BCUT2D eigenvalue weighted by Crippen LogP contribution is -2.55. The van der Waals surface area contributed by atoms with Crippen molar-refractivity contribution in [3.63, 3.8) is 0 Å². The molecule has 2 aliphatic heterocycles. The van der Waals surface area contributed by atoms with E-state index >= 15 is 0 Å². The third-order valence-corrected chi connectivity index (χ3v) is 4.81. The summed E-state index contributed by atoms with van der Waals surface area (Å²) in [4.78, 5) is 5.16. The van der Waals surface area contributed by atoms with Gasteiger partial charge in [0.2, 0.25) is 0 Å². The van der Waals surface area contributed by atoms with Crippen molar-refractivity contribution in [1.29, 1.82) is 0 Å². The molecule has 0 aromatic heterocycles. The average Bonchev–Trinajstić information content (AvgIpc) is 3.00. The van der Waals surface area contributed by atoms with Crippen molar-refractivity contribution in [2.75, 3.05) is 39.3 Å². The average molecular weight is 239 g/mol. The Labute approximate surface area is 104 Å². The highest BCUT2D eigenvalue weighted by atomic mass is 16.3. The van der Waals surface area contributed by atoms with Gasteiger partial charge in [-0.15, -0.1) is 0 Å². The van der Waals surface area contributed by atoms with E-state index in [-0.39, 0.29) is 6.10 Å². The van der Waals surface area contributed by atoms with Gasteiger partial charge in [0, 0.05) is 51.4 Å². The Bertz CT molecular complexity index is 247. The molecule has 0 aromatic carbocycles. The molecule has 0 bridgehead atoms. The Morgan fingerprint density at radius 2 is 1.53 bits per heavy atom. The minimum absolute atomic E-state index is 0.159. The van der Waals surface area contributed by atoms with Crippen molar-refractivity contribution in [1.82, 2.24) is 15.1 Å². The third kappa shape index (κ3) is 2.50. The zero-order valence-electron chi connectivity index (χ0n) is 10.6. The van der Waals surface area contributed by atoms with E-state index in [1.807, 2.05) is 0 Å². The molecule has 2 saturated heterocycles. The number of hydrogen-bond donors (Lipinski definition) is 2. The summed E-state index contributed by atoms with van der Waals surface area (Å²) < 4.78 is 0. The van der Waals surface area contributed by atoms with E-state index in [1.165, 1.54) is 38.8 Å². The normalized spacial score (nSPS) is 37.9. The molecule has 2 atom stereocenters. The largest absolute Gasteiger partial charge is 0.390 e. The van der Waals surface area contributed by atoms with Gasteiger partial charge in [0.15, 0.2) is 0 Å². The maximum absolute atomic E-state index is 9.90.